The molecule has 1 aromatic heterocycles. The number of halogens is 3. The monoisotopic (exact) mass is 398 g/mol. The van der Waals surface area contributed by atoms with Crippen molar-refractivity contribution in [2.75, 3.05) is 6.61 Å². The first-order chi connectivity index (χ1) is 12.8. The molecule has 4 rings (SSSR count). The van der Waals surface area contributed by atoms with Gasteiger partial charge in [0.2, 0.25) is 0 Å². The lowest BCUT2D eigenvalue weighted by atomic mass is 9.95. The Hall–Kier alpha value is -2.13. The summed E-state index contributed by atoms with van der Waals surface area (Å²) in [6.07, 6.45) is -1.44. The Balaban J connectivity index is 1.45. The summed E-state index contributed by atoms with van der Waals surface area (Å²) >= 11 is 1.04. The fraction of sp³-hybridized carbons (Fsp3) is 0.444. The van der Waals surface area contributed by atoms with Crippen molar-refractivity contribution in [2.24, 2.45) is 0 Å². The fourth-order valence-electron chi connectivity index (χ4n) is 3.74. The zero-order chi connectivity index (χ0) is 19.2. The largest absolute Gasteiger partial charge is 0.452 e. The molecule has 9 heteroatoms. The van der Waals surface area contributed by atoms with Crippen LogP contribution in [0, 0.1) is 0 Å². The minimum Gasteiger partial charge on any atom is -0.452 e. The molecule has 2 aliphatic heterocycles. The van der Waals surface area contributed by atoms with E-state index in [9.17, 15) is 22.8 Å². The molecule has 2 N–H and O–H groups in total. The topological polar surface area (TPSA) is 67.4 Å². The molecule has 27 heavy (non-hydrogen) atoms. The lowest BCUT2D eigenvalue weighted by Gasteiger charge is -2.21. The second kappa shape index (κ2) is 6.79. The van der Waals surface area contributed by atoms with Crippen LogP contribution in [0.3, 0.4) is 0 Å². The van der Waals surface area contributed by atoms with Gasteiger partial charge in [-0.3, -0.25) is 4.79 Å². The molecule has 1 amide bonds. The van der Waals surface area contributed by atoms with Crippen LogP contribution in [0.4, 0.5) is 13.2 Å². The van der Waals surface area contributed by atoms with E-state index in [1.165, 1.54) is 6.07 Å². The minimum absolute atomic E-state index is 0.0733. The average molecular weight is 398 g/mol. The van der Waals surface area contributed by atoms with Gasteiger partial charge in [-0.1, -0.05) is 0 Å². The van der Waals surface area contributed by atoms with E-state index in [4.69, 9.17) is 0 Å². The third-order valence-corrected chi connectivity index (χ3v) is 6.06. The van der Waals surface area contributed by atoms with Gasteiger partial charge in [0.15, 0.2) is 6.61 Å². The second-order valence-electron chi connectivity index (χ2n) is 6.92. The number of fused-ring (bicyclic) bond motifs is 3. The molecule has 0 spiro atoms. The number of carbonyl (C=O) groups excluding carboxylic acids is 2. The van der Waals surface area contributed by atoms with Crippen LogP contribution < -0.4 is 10.6 Å². The van der Waals surface area contributed by atoms with Crippen LogP contribution in [0.15, 0.2) is 24.3 Å². The number of thiophene rings is 1. The lowest BCUT2D eigenvalue weighted by molar-refractivity contribution is -0.161. The van der Waals surface area contributed by atoms with Crippen molar-refractivity contribution < 1.29 is 27.5 Å². The fourth-order valence-corrected chi connectivity index (χ4v) is 4.68. The number of ether oxygens (including phenoxy) is 1. The number of esters is 1. The van der Waals surface area contributed by atoms with Crippen LogP contribution in [0.5, 0.6) is 0 Å². The molecule has 2 saturated heterocycles. The first kappa shape index (κ1) is 18.2. The molecule has 2 aromatic rings. The van der Waals surface area contributed by atoms with Crippen molar-refractivity contribution in [3.8, 4) is 0 Å². The minimum atomic E-state index is -4.56. The smallest absolute Gasteiger partial charge is 0.422 e. The van der Waals surface area contributed by atoms with Crippen LogP contribution in [-0.2, 0) is 4.74 Å². The number of nitrogens with one attached hydrogen (secondary N) is 2. The zero-order valence-corrected chi connectivity index (χ0v) is 15.0. The number of amides is 1. The number of hydrogen-bond acceptors (Lipinski definition) is 5. The van der Waals surface area contributed by atoms with Crippen molar-refractivity contribution in [1.29, 1.82) is 0 Å². The number of rotatable bonds is 4. The van der Waals surface area contributed by atoms with Gasteiger partial charge in [-0.25, -0.2) is 4.79 Å². The van der Waals surface area contributed by atoms with Crippen LogP contribution in [0.1, 0.15) is 39.3 Å². The van der Waals surface area contributed by atoms with E-state index in [1.807, 2.05) is 0 Å². The molecule has 0 unspecified atom stereocenters. The van der Waals surface area contributed by atoms with E-state index in [1.54, 1.807) is 18.2 Å². The Bertz CT molecular complexity index is 896. The summed E-state index contributed by atoms with van der Waals surface area (Å²) in [5, 5.41) is 7.12. The summed E-state index contributed by atoms with van der Waals surface area (Å²) in [5.41, 5.74) is 0.457. The second-order valence-corrected chi connectivity index (χ2v) is 8.00. The number of alkyl halides is 3. The lowest BCUT2D eigenvalue weighted by Crippen LogP contribution is -2.42. The van der Waals surface area contributed by atoms with E-state index in [0.29, 0.717) is 27.7 Å². The molecule has 0 radical (unpaired) electrons. The van der Waals surface area contributed by atoms with Gasteiger partial charge in [0.1, 0.15) is 4.88 Å². The van der Waals surface area contributed by atoms with Gasteiger partial charge in [-0.15, -0.1) is 11.3 Å². The van der Waals surface area contributed by atoms with Gasteiger partial charge in [0, 0.05) is 28.4 Å². The average Bonchev–Trinajstić information content (AvgIpc) is 3.32. The summed E-state index contributed by atoms with van der Waals surface area (Å²) in [6, 6.07) is 7.34. The normalized spacial score (nSPS) is 24.3. The van der Waals surface area contributed by atoms with E-state index in [0.717, 1.165) is 30.6 Å². The molecule has 2 aliphatic rings. The zero-order valence-electron chi connectivity index (χ0n) is 14.1. The highest BCUT2D eigenvalue weighted by atomic mass is 32.1. The summed E-state index contributed by atoms with van der Waals surface area (Å²) in [7, 11) is 0. The molecule has 2 bridgehead atoms. The van der Waals surface area contributed by atoms with Crippen LogP contribution in [0.2, 0.25) is 0 Å². The van der Waals surface area contributed by atoms with Crippen molar-refractivity contribution >= 4 is 33.3 Å². The highest BCUT2D eigenvalue weighted by Gasteiger charge is 2.39. The molecule has 0 aliphatic carbocycles. The SMILES string of the molecule is O=C(N[C@@H]1C[C@H]2CC[C@@H]1N2)c1ccc2sc(C(=O)OCC(F)(F)F)cc2c1. The van der Waals surface area contributed by atoms with Crippen LogP contribution >= 0.6 is 11.3 Å². The van der Waals surface area contributed by atoms with E-state index in [2.05, 4.69) is 15.4 Å². The molecule has 3 atom stereocenters. The summed E-state index contributed by atoms with van der Waals surface area (Å²) < 4.78 is 41.5. The quantitative estimate of drug-likeness (QED) is 0.776. The van der Waals surface area contributed by atoms with Crippen molar-refractivity contribution in [3.05, 3.63) is 34.7 Å². The maximum absolute atomic E-state index is 12.5. The van der Waals surface area contributed by atoms with Crippen molar-refractivity contribution in [2.45, 2.75) is 43.6 Å². The molecule has 0 saturated carbocycles. The number of carbonyl (C=O) groups is 2. The Morgan fingerprint density at radius 1 is 1.26 bits per heavy atom. The summed E-state index contributed by atoms with van der Waals surface area (Å²) in [6.45, 7) is -1.62. The van der Waals surface area contributed by atoms with Crippen molar-refractivity contribution in [1.82, 2.24) is 10.6 Å². The van der Waals surface area contributed by atoms with Gasteiger partial charge >= 0.3 is 12.1 Å². The third kappa shape index (κ3) is 3.93. The number of benzene rings is 1. The van der Waals surface area contributed by atoms with E-state index >= 15 is 0 Å². The summed E-state index contributed by atoms with van der Waals surface area (Å²) in [5.74, 6) is -1.21. The summed E-state index contributed by atoms with van der Waals surface area (Å²) in [4.78, 5) is 24.4. The molecule has 1 aromatic carbocycles. The van der Waals surface area contributed by atoms with E-state index in [-0.39, 0.29) is 16.8 Å². The molecular formula is C18H17F3N2O3S. The highest BCUT2D eigenvalue weighted by molar-refractivity contribution is 7.20. The first-order valence-corrected chi connectivity index (χ1v) is 9.44. The van der Waals surface area contributed by atoms with Crippen LogP contribution in [0.25, 0.3) is 10.1 Å². The Kier molecular flexibility index (Phi) is 4.59. The standard InChI is InChI=1S/C18H17F3N2O3S/c19-18(20,21)8-26-17(25)15-6-10-5-9(1-4-14(10)27-15)16(24)23-13-7-11-2-3-12(13)22-11/h1,4-6,11-13,22H,2-3,7-8H2,(H,23,24)/t11-,12+,13-/m1/s1. The Morgan fingerprint density at radius 2 is 2.07 bits per heavy atom. The maximum Gasteiger partial charge on any atom is 0.422 e. The van der Waals surface area contributed by atoms with Crippen molar-refractivity contribution in [3.63, 3.8) is 0 Å². The third-order valence-electron chi connectivity index (χ3n) is 4.96. The molecular weight excluding hydrogens is 381 g/mol. The predicted octanol–water partition coefficient (Wildman–Crippen LogP) is 3.24. The predicted molar refractivity (Wildman–Crippen MR) is 94.0 cm³/mol. The molecule has 2 fully saturated rings. The van der Waals surface area contributed by atoms with Gasteiger partial charge in [0.05, 0.1) is 0 Å². The highest BCUT2D eigenvalue weighted by Crippen LogP contribution is 2.30. The van der Waals surface area contributed by atoms with Gasteiger partial charge in [-0.05, 0) is 48.9 Å². The number of hydrogen-bond donors (Lipinski definition) is 2. The van der Waals surface area contributed by atoms with Crippen LogP contribution in [-0.4, -0.2) is 42.8 Å². The Morgan fingerprint density at radius 3 is 2.74 bits per heavy atom. The molecule has 3 heterocycles. The van der Waals surface area contributed by atoms with E-state index < -0.39 is 18.8 Å². The molecule has 144 valence electrons. The Labute approximate surface area is 156 Å². The van der Waals surface area contributed by atoms with Gasteiger partial charge in [-0.2, -0.15) is 13.2 Å². The molecule has 5 nitrogen and oxygen atoms in total. The van der Waals surface area contributed by atoms with Gasteiger partial charge < -0.3 is 15.4 Å². The maximum atomic E-state index is 12.5. The first-order valence-electron chi connectivity index (χ1n) is 8.63. The van der Waals surface area contributed by atoms with Gasteiger partial charge in [0.25, 0.3) is 5.91 Å².